The number of carbonyl (C=O) groups is 2. The average Bonchev–Trinajstić information content (AvgIpc) is 3.07. The first-order chi connectivity index (χ1) is 16.4. The lowest BCUT2D eigenvalue weighted by atomic mass is 10.1. The fourth-order valence-corrected chi connectivity index (χ4v) is 5.10. The lowest BCUT2D eigenvalue weighted by Gasteiger charge is -2.14. The summed E-state index contributed by atoms with van der Waals surface area (Å²) >= 11 is 9.22. The highest BCUT2D eigenvalue weighted by molar-refractivity contribution is 14.1. The summed E-state index contributed by atoms with van der Waals surface area (Å²) < 4.78 is 25.4. The second-order valence-electron chi connectivity index (χ2n) is 7.31. The summed E-state index contributed by atoms with van der Waals surface area (Å²) in [5.41, 5.74) is 2.21. The summed E-state index contributed by atoms with van der Waals surface area (Å²) in [5, 5.41) is 0.242. The first kappa shape index (κ1) is 24.6. The molecule has 1 aliphatic rings. The smallest absolute Gasteiger partial charge is 0.293 e. The Balaban J connectivity index is 1.53. The fraction of sp³-hybridized carbons (Fsp3) is 0.120. The normalized spacial score (nSPS) is 14.7. The Bertz CT molecular complexity index is 1280. The zero-order valence-corrected chi connectivity index (χ0v) is 21.6. The molecule has 5 nitrogen and oxygen atoms in total. The van der Waals surface area contributed by atoms with Crippen molar-refractivity contribution in [3.63, 3.8) is 0 Å². The van der Waals surface area contributed by atoms with Gasteiger partial charge >= 0.3 is 0 Å². The monoisotopic (exact) mass is 609 g/mol. The van der Waals surface area contributed by atoms with E-state index in [4.69, 9.17) is 21.1 Å². The van der Waals surface area contributed by atoms with Gasteiger partial charge in [-0.3, -0.25) is 14.5 Å². The van der Waals surface area contributed by atoms with Gasteiger partial charge in [0.25, 0.3) is 11.1 Å². The van der Waals surface area contributed by atoms with Crippen LogP contribution in [0.2, 0.25) is 5.02 Å². The molecule has 3 aromatic carbocycles. The van der Waals surface area contributed by atoms with Crippen LogP contribution in [0.4, 0.5) is 9.18 Å². The van der Waals surface area contributed by atoms with E-state index < -0.39 is 5.91 Å². The highest BCUT2D eigenvalue weighted by atomic mass is 127. The molecule has 174 valence electrons. The molecular weight excluding hydrogens is 592 g/mol. The number of ether oxygens (including phenoxy) is 2. The fourth-order valence-electron chi connectivity index (χ4n) is 3.29. The molecule has 9 heteroatoms. The quantitative estimate of drug-likeness (QED) is 0.215. The molecule has 2 amide bonds. The van der Waals surface area contributed by atoms with E-state index in [-0.39, 0.29) is 24.2 Å². The number of hydrogen-bond acceptors (Lipinski definition) is 5. The van der Waals surface area contributed by atoms with Gasteiger partial charge in [-0.1, -0.05) is 41.9 Å². The molecule has 1 aliphatic heterocycles. The van der Waals surface area contributed by atoms with Crippen molar-refractivity contribution in [2.75, 3.05) is 7.11 Å². The van der Waals surface area contributed by atoms with Gasteiger partial charge in [-0.05, 0) is 81.9 Å². The van der Waals surface area contributed by atoms with Crippen LogP contribution in [-0.2, 0) is 17.9 Å². The molecule has 0 aromatic heterocycles. The number of thioether (sulfide) groups is 1. The van der Waals surface area contributed by atoms with E-state index in [1.807, 2.05) is 24.3 Å². The van der Waals surface area contributed by atoms with Crippen molar-refractivity contribution < 1.29 is 23.5 Å². The zero-order valence-electron chi connectivity index (χ0n) is 17.9. The van der Waals surface area contributed by atoms with Crippen LogP contribution in [0.1, 0.15) is 16.7 Å². The predicted molar refractivity (Wildman–Crippen MR) is 139 cm³/mol. The molecule has 1 heterocycles. The molecule has 1 fully saturated rings. The predicted octanol–water partition coefficient (Wildman–Crippen LogP) is 6.91. The van der Waals surface area contributed by atoms with Crippen LogP contribution in [0.5, 0.6) is 11.5 Å². The molecule has 0 N–H and O–H groups in total. The summed E-state index contributed by atoms with van der Waals surface area (Å²) in [6.07, 6.45) is 1.65. The van der Waals surface area contributed by atoms with Crippen LogP contribution >= 0.6 is 46.0 Å². The lowest BCUT2D eigenvalue weighted by Crippen LogP contribution is -2.27. The van der Waals surface area contributed by atoms with Crippen molar-refractivity contribution in [2.24, 2.45) is 0 Å². The molecule has 0 bridgehead atoms. The zero-order chi connectivity index (χ0) is 24.2. The lowest BCUT2D eigenvalue weighted by molar-refractivity contribution is -0.123. The van der Waals surface area contributed by atoms with Gasteiger partial charge in [0, 0.05) is 10.6 Å². The third kappa shape index (κ3) is 5.56. The highest BCUT2D eigenvalue weighted by Crippen LogP contribution is 2.38. The van der Waals surface area contributed by atoms with Crippen molar-refractivity contribution >= 4 is 63.2 Å². The van der Waals surface area contributed by atoms with E-state index in [1.165, 1.54) is 19.2 Å². The van der Waals surface area contributed by atoms with E-state index in [1.54, 1.807) is 30.3 Å². The largest absolute Gasteiger partial charge is 0.493 e. The van der Waals surface area contributed by atoms with Crippen LogP contribution in [0.3, 0.4) is 0 Å². The molecule has 0 unspecified atom stereocenters. The summed E-state index contributed by atoms with van der Waals surface area (Å²) in [6, 6.07) is 16.7. The Morgan fingerprint density at radius 3 is 2.56 bits per heavy atom. The van der Waals surface area contributed by atoms with E-state index >= 15 is 0 Å². The number of halogens is 3. The summed E-state index contributed by atoms with van der Waals surface area (Å²) in [4.78, 5) is 26.8. The maximum Gasteiger partial charge on any atom is 0.293 e. The maximum atomic E-state index is 13.1. The van der Waals surface area contributed by atoms with Gasteiger partial charge in [-0.15, -0.1) is 0 Å². The second-order valence-corrected chi connectivity index (χ2v) is 9.87. The number of benzene rings is 3. The molecule has 0 aliphatic carbocycles. The van der Waals surface area contributed by atoms with Crippen LogP contribution < -0.4 is 9.47 Å². The number of hydrogen-bond donors (Lipinski definition) is 0. The molecule has 1 saturated heterocycles. The topological polar surface area (TPSA) is 55.8 Å². The maximum absolute atomic E-state index is 13.1. The molecule has 0 spiro atoms. The van der Waals surface area contributed by atoms with Gasteiger partial charge < -0.3 is 9.47 Å². The molecule has 34 heavy (non-hydrogen) atoms. The summed E-state index contributed by atoms with van der Waals surface area (Å²) in [6.45, 7) is 0.353. The molecule has 4 rings (SSSR count). The minimum Gasteiger partial charge on any atom is -0.493 e. The van der Waals surface area contributed by atoms with Gasteiger partial charge in [0.2, 0.25) is 0 Å². The Hall–Kier alpha value is -2.56. The Labute approximate surface area is 219 Å². The van der Waals surface area contributed by atoms with Gasteiger partial charge in [-0.2, -0.15) is 0 Å². The van der Waals surface area contributed by atoms with Crippen molar-refractivity contribution in [3.05, 3.63) is 96.7 Å². The van der Waals surface area contributed by atoms with Gasteiger partial charge in [-0.25, -0.2) is 4.39 Å². The van der Waals surface area contributed by atoms with Crippen molar-refractivity contribution in [2.45, 2.75) is 13.2 Å². The minimum absolute atomic E-state index is 0.0813. The molecular formula is C25H18ClFINO4S. The standard InChI is InChI=1S/C25H18ClFINO4S/c1-32-21-11-16(10-20(28)23(21)33-14-17-4-2-3-5-19(17)26)12-22-24(30)29(25(31)34-22)13-15-6-8-18(27)9-7-15/h2-12H,13-14H2,1H3/b22-12-. The third-order valence-electron chi connectivity index (χ3n) is 5.01. The molecule has 0 radical (unpaired) electrons. The van der Waals surface area contributed by atoms with Crippen molar-refractivity contribution in [1.29, 1.82) is 0 Å². The van der Waals surface area contributed by atoms with Gasteiger partial charge in [0.15, 0.2) is 11.5 Å². The molecule has 3 aromatic rings. The van der Waals surface area contributed by atoms with E-state index in [0.717, 1.165) is 25.8 Å². The minimum atomic E-state index is -0.396. The number of rotatable bonds is 7. The van der Waals surface area contributed by atoms with E-state index in [2.05, 4.69) is 22.6 Å². The highest BCUT2D eigenvalue weighted by Gasteiger charge is 2.35. The SMILES string of the molecule is COc1cc(/C=C2\SC(=O)N(Cc3ccc(F)cc3)C2=O)cc(I)c1OCc1ccccc1Cl. The Kier molecular flexibility index (Phi) is 7.80. The Morgan fingerprint density at radius 2 is 1.85 bits per heavy atom. The van der Waals surface area contributed by atoms with E-state index in [0.29, 0.717) is 32.6 Å². The van der Waals surface area contributed by atoms with Crippen LogP contribution in [-0.4, -0.2) is 23.2 Å². The van der Waals surface area contributed by atoms with Crippen molar-refractivity contribution in [3.8, 4) is 11.5 Å². The van der Waals surface area contributed by atoms with E-state index in [9.17, 15) is 14.0 Å². The average molecular weight is 610 g/mol. The van der Waals surface area contributed by atoms with Gasteiger partial charge in [0.1, 0.15) is 12.4 Å². The Morgan fingerprint density at radius 1 is 1.12 bits per heavy atom. The second kappa shape index (κ2) is 10.8. The number of carbonyl (C=O) groups excluding carboxylic acids is 2. The van der Waals surface area contributed by atoms with Gasteiger partial charge in [0.05, 0.1) is 22.1 Å². The first-order valence-electron chi connectivity index (χ1n) is 10.1. The number of amides is 2. The third-order valence-corrected chi connectivity index (χ3v) is 7.08. The van der Waals surface area contributed by atoms with Crippen molar-refractivity contribution in [1.82, 2.24) is 4.90 Å². The van der Waals surface area contributed by atoms with Crippen LogP contribution in [0.15, 0.2) is 65.6 Å². The summed E-state index contributed by atoms with van der Waals surface area (Å²) in [5.74, 6) is 0.285. The first-order valence-corrected chi connectivity index (χ1v) is 12.4. The summed E-state index contributed by atoms with van der Waals surface area (Å²) in [7, 11) is 1.54. The number of imide groups is 1. The number of methoxy groups -OCH3 is 1. The number of nitrogens with zero attached hydrogens (tertiary/aromatic N) is 1. The molecule has 0 saturated carbocycles. The van der Waals surface area contributed by atoms with Crippen LogP contribution in [0, 0.1) is 9.39 Å². The molecule has 0 atom stereocenters. The van der Waals surface area contributed by atoms with Crippen LogP contribution in [0.25, 0.3) is 6.08 Å².